The average molecular weight is 623 g/mol. The molecule has 1 N–H and O–H groups in total. The fourth-order valence-electron chi connectivity index (χ4n) is 5.20. The SMILES string of the molecule is CCCCc1ccc(-c2nc(-n3cc(C(=O)CCC(=O)O)c4cc(Br)ccc43)nc3ccc(-c4ccco4)cc23)cc1. The number of ketones is 1. The highest BCUT2D eigenvalue weighted by Crippen LogP contribution is 2.34. The molecule has 3 aromatic carbocycles. The number of unbranched alkanes of at least 4 members (excludes halogenated alkanes) is 1. The maximum atomic E-state index is 13.1. The number of fused-ring (bicyclic) bond motifs is 2. The third kappa shape index (κ3) is 5.50. The Hall–Kier alpha value is -4.56. The van der Waals surface area contributed by atoms with Crippen LogP contribution >= 0.6 is 15.9 Å². The molecule has 0 amide bonds. The number of benzene rings is 3. The molecule has 0 aliphatic heterocycles. The van der Waals surface area contributed by atoms with Gasteiger partial charge in [-0.25, -0.2) is 9.97 Å². The van der Waals surface area contributed by atoms with Crippen LogP contribution in [-0.2, 0) is 11.2 Å². The monoisotopic (exact) mass is 621 g/mol. The van der Waals surface area contributed by atoms with Gasteiger partial charge in [0, 0.05) is 44.6 Å². The second-order valence-electron chi connectivity index (χ2n) is 10.3. The van der Waals surface area contributed by atoms with Crippen molar-refractivity contribution in [3.8, 4) is 28.5 Å². The van der Waals surface area contributed by atoms with Crippen molar-refractivity contribution in [3.63, 3.8) is 0 Å². The van der Waals surface area contributed by atoms with E-state index in [1.807, 2.05) is 53.1 Å². The molecule has 0 spiro atoms. The first-order valence-electron chi connectivity index (χ1n) is 13.9. The van der Waals surface area contributed by atoms with E-state index in [9.17, 15) is 9.59 Å². The molecule has 0 radical (unpaired) electrons. The zero-order chi connectivity index (χ0) is 29.2. The number of nitrogens with zero attached hydrogens (tertiary/aromatic N) is 3. The lowest BCUT2D eigenvalue weighted by Gasteiger charge is -2.12. The fourth-order valence-corrected chi connectivity index (χ4v) is 5.56. The zero-order valence-corrected chi connectivity index (χ0v) is 24.6. The van der Waals surface area contributed by atoms with Gasteiger partial charge in [-0.1, -0.05) is 53.5 Å². The Bertz CT molecular complexity index is 1930. The molecule has 0 unspecified atom stereocenters. The van der Waals surface area contributed by atoms with Gasteiger partial charge in [0.15, 0.2) is 5.78 Å². The highest BCUT2D eigenvalue weighted by molar-refractivity contribution is 9.10. The number of carbonyl (C=O) groups is 2. The van der Waals surface area contributed by atoms with Crippen molar-refractivity contribution >= 4 is 49.5 Å². The smallest absolute Gasteiger partial charge is 0.303 e. The van der Waals surface area contributed by atoms with Crippen LogP contribution in [0.25, 0.3) is 50.3 Å². The van der Waals surface area contributed by atoms with E-state index in [0.717, 1.165) is 62.7 Å². The van der Waals surface area contributed by atoms with Gasteiger partial charge in [-0.2, -0.15) is 0 Å². The molecule has 0 aliphatic carbocycles. The third-order valence-electron chi connectivity index (χ3n) is 7.38. The summed E-state index contributed by atoms with van der Waals surface area (Å²) in [6.45, 7) is 2.19. The van der Waals surface area contributed by atoms with E-state index in [0.29, 0.717) is 16.9 Å². The van der Waals surface area contributed by atoms with Crippen molar-refractivity contribution in [2.45, 2.75) is 39.0 Å². The molecule has 3 heterocycles. The van der Waals surface area contributed by atoms with Gasteiger partial charge in [0.2, 0.25) is 5.95 Å². The molecule has 0 bridgehead atoms. The highest BCUT2D eigenvalue weighted by atomic mass is 79.9. The van der Waals surface area contributed by atoms with E-state index in [4.69, 9.17) is 19.5 Å². The Balaban J connectivity index is 1.54. The Morgan fingerprint density at radius 1 is 0.929 bits per heavy atom. The maximum Gasteiger partial charge on any atom is 0.303 e. The number of carbonyl (C=O) groups excluding carboxylic acids is 1. The van der Waals surface area contributed by atoms with Crippen LogP contribution in [0.5, 0.6) is 0 Å². The largest absolute Gasteiger partial charge is 0.481 e. The van der Waals surface area contributed by atoms with Crippen LogP contribution in [0.15, 0.2) is 94.1 Å². The number of carboxylic acids is 1. The van der Waals surface area contributed by atoms with Gasteiger partial charge in [-0.3, -0.25) is 14.2 Å². The van der Waals surface area contributed by atoms with Gasteiger partial charge in [0.05, 0.1) is 29.4 Å². The summed E-state index contributed by atoms with van der Waals surface area (Å²) < 4.78 is 8.29. The molecule has 7 nitrogen and oxygen atoms in total. The normalized spacial score (nSPS) is 11.4. The van der Waals surface area contributed by atoms with Gasteiger partial charge in [-0.15, -0.1) is 0 Å². The first-order valence-corrected chi connectivity index (χ1v) is 14.7. The minimum Gasteiger partial charge on any atom is -0.481 e. The number of furan rings is 1. The van der Waals surface area contributed by atoms with E-state index >= 15 is 0 Å². The Morgan fingerprint density at radius 3 is 2.48 bits per heavy atom. The summed E-state index contributed by atoms with van der Waals surface area (Å²) in [5.41, 5.74) is 5.86. The van der Waals surface area contributed by atoms with E-state index in [-0.39, 0.29) is 18.6 Å². The molecule has 0 saturated heterocycles. The predicted molar refractivity (Wildman–Crippen MR) is 167 cm³/mol. The number of aromatic nitrogens is 3. The number of halogens is 1. The molecule has 210 valence electrons. The van der Waals surface area contributed by atoms with Crippen molar-refractivity contribution in [2.75, 3.05) is 0 Å². The van der Waals surface area contributed by atoms with Crippen molar-refractivity contribution < 1.29 is 19.1 Å². The number of carboxylic acid groups (broad SMARTS) is 1. The van der Waals surface area contributed by atoms with E-state index in [1.165, 1.54) is 5.56 Å². The molecule has 0 saturated carbocycles. The van der Waals surface area contributed by atoms with E-state index < -0.39 is 5.97 Å². The number of Topliss-reactive ketones (excluding diaryl/α,β-unsaturated/α-hetero) is 1. The molecule has 3 aromatic heterocycles. The zero-order valence-electron chi connectivity index (χ0n) is 23.0. The second kappa shape index (κ2) is 11.7. The van der Waals surface area contributed by atoms with Gasteiger partial charge < -0.3 is 9.52 Å². The Kier molecular flexibility index (Phi) is 7.71. The summed E-state index contributed by atoms with van der Waals surface area (Å²) in [5, 5.41) is 10.7. The second-order valence-corrected chi connectivity index (χ2v) is 11.2. The van der Waals surface area contributed by atoms with Crippen LogP contribution < -0.4 is 0 Å². The molecule has 0 fully saturated rings. The molecule has 0 atom stereocenters. The summed E-state index contributed by atoms with van der Waals surface area (Å²) in [7, 11) is 0. The first kappa shape index (κ1) is 27.6. The van der Waals surface area contributed by atoms with Crippen LogP contribution in [0.1, 0.15) is 48.5 Å². The first-order chi connectivity index (χ1) is 20.4. The van der Waals surface area contributed by atoms with Crippen molar-refractivity contribution in [2.24, 2.45) is 0 Å². The highest BCUT2D eigenvalue weighted by Gasteiger charge is 2.20. The van der Waals surface area contributed by atoms with Crippen LogP contribution in [0.2, 0.25) is 0 Å². The van der Waals surface area contributed by atoms with E-state index in [1.54, 1.807) is 12.5 Å². The van der Waals surface area contributed by atoms with Gasteiger partial charge >= 0.3 is 5.97 Å². The number of hydrogen-bond acceptors (Lipinski definition) is 5. The minimum absolute atomic E-state index is 0.0925. The molecular weight excluding hydrogens is 594 g/mol. The average Bonchev–Trinajstić information content (AvgIpc) is 3.67. The molecule has 6 aromatic rings. The number of rotatable bonds is 10. The maximum absolute atomic E-state index is 13.1. The Morgan fingerprint density at radius 2 is 1.74 bits per heavy atom. The molecule has 8 heteroatoms. The van der Waals surface area contributed by atoms with Gasteiger partial charge in [-0.05, 0) is 66.9 Å². The lowest BCUT2D eigenvalue weighted by molar-refractivity contribution is -0.136. The summed E-state index contributed by atoms with van der Waals surface area (Å²) in [6, 6.07) is 23.9. The lowest BCUT2D eigenvalue weighted by atomic mass is 10.0. The molecular formula is C34H28BrN3O4. The molecule has 6 rings (SSSR count). The molecule has 42 heavy (non-hydrogen) atoms. The lowest BCUT2D eigenvalue weighted by Crippen LogP contribution is -2.04. The topological polar surface area (TPSA) is 98.2 Å². The van der Waals surface area contributed by atoms with Gasteiger partial charge in [0.25, 0.3) is 0 Å². The molecule has 0 aliphatic rings. The van der Waals surface area contributed by atoms with Gasteiger partial charge in [0.1, 0.15) is 5.76 Å². The van der Waals surface area contributed by atoms with Crippen LogP contribution in [0.4, 0.5) is 0 Å². The number of aryl methyl sites for hydroxylation is 1. The van der Waals surface area contributed by atoms with Crippen LogP contribution in [0, 0.1) is 0 Å². The number of hydrogen-bond donors (Lipinski definition) is 1. The fraction of sp³-hybridized carbons (Fsp3) is 0.176. The quantitative estimate of drug-likeness (QED) is 0.154. The third-order valence-corrected chi connectivity index (χ3v) is 7.88. The standard InChI is InChI=1S/C34H28BrN3O4/c1-2-3-5-21-7-9-22(10-8-21)33-26-18-23(31-6-4-17-42-31)11-13-28(26)36-34(37-33)38-20-27(30(39)15-16-32(40)41)25-19-24(35)12-14-29(25)38/h4,6-14,17-20H,2-3,5,15-16H2,1H3,(H,40,41). The van der Waals surface area contributed by atoms with E-state index in [2.05, 4.69) is 47.1 Å². The summed E-state index contributed by atoms with van der Waals surface area (Å²) in [6.07, 6.45) is 6.35. The minimum atomic E-state index is -1.01. The van der Waals surface area contributed by atoms with Crippen molar-refractivity contribution in [3.05, 3.63) is 101 Å². The summed E-state index contributed by atoms with van der Waals surface area (Å²) >= 11 is 3.51. The summed E-state index contributed by atoms with van der Waals surface area (Å²) in [5.74, 6) is -0.0762. The Labute approximate surface area is 251 Å². The van der Waals surface area contributed by atoms with Crippen LogP contribution in [0.3, 0.4) is 0 Å². The summed E-state index contributed by atoms with van der Waals surface area (Å²) in [4.78, 5) is 34.3. The number of aliphatic carboxylic acids is 1. The predicted octanol–water partition coefficient (Wildman–Crippen LogP) is 8.65. The van der Waals surface area contributed by atoms with Crippen molar-refractivity contribution in [1.82, 2.24) is 14.5 Å². The van der Waals surface area contributed by atoms with Crippen molar-refractivity contribution in [1.29, 1.82) is 0 Å². The van der Waals surface area contributed by atoms with Crippen LogP contribution in [-0.4, -0.2) is 31.4 Å².